The molecule has 0 unspecified atom stereocenters. The summed E-state index contributed by atoms with van der Waals surface area (Å²) in [5.74, 6) is 0. The third-order valence-electron chi connectivity index (χ3n) is 4.61. The van der Waals surface area contributed by atoms with Crippen LogP contribution in [0.1, 0.15) is 52.2 Å². The lowest BCUT2D eigenvalue weighted by Crippen LogP contribution is -2.49. The van der Waals surface area contributed by atoms with E-state index in [4.69, 9.17) is 14.3 Å². The average Bonchev–Trinajstić information content (AvgIpc) is 2.58. The number of ether oxygens (including phenoxy) is 2. The Bertz CT molecular complexity index is 492. The van der Waals surface area contributed by atoms with Crippen LogP contribution in [0.15, 0.2) is 24.3 Å². The smallest absolute Gasteiger partial charge is 0.182 e. The summed E-state index contributed by atoms with van der Waals surface area (Å²) in [5.41, 5.74) is 2.25. The molecule has 0 saturated carbocycles. The van der Waals surface area contributed by atoms with Gasteiger partial charge in [0.25, 0.3) is 0 Å². The van der Waals surface area contributed by atoms with Gasteiger partial charge in [-0.15, -0.1) is 0 Å². The number of fused-ring (bicyclic) bond motifs is 1. The summed E-state index contributed by atoms with van der Waals surface area (Å²) in [6.07, 6.45) is 0.667. The van der Waals surface area contributed by atoms with E-state index in [1.807, 2.05) is 6.92 Å². The van der Waals surface area contributed by atoms with Crippen LogP contribution in [-0.4, -0.2) is 24.3 Å². The number of rotatable bonds is 2. The monoisotopic (exact) mass is 291 g/mol. The third kappa shape index (κ3) is 2.40. The predicted molar refractivity (Wildman–Crippen MR) is 80.3 cm³/mol. The lowest BCUT2D eigenvalue weighted by atomic mass is 9.91. The van der Waals surface area contributed by atoms with E-state index in [9.17, 15) is 0 Å². The average molecular weight is 291 g/mol. The van der Waals surface area contributed by atoms with Crippen molar-refractivity contribution in [2.24, 2.45) is 0 Å². The number of nitrogens with zero attached hydrogens (tertiary/aromatic N) is 1. The van der Waals surface area contributed by atoms with E-state index in [1.54, 1.807) is 0 Å². The molecule has 0 aliphatic carbocycles. The fraction of sp³-hybridized carbons (Fsp3) is 0.647. The van der Waals surface area contributed by atoms with Gasteiger partial charge in [0.1, 0.15) is 6.79 Å². The van der Waals surface area contributed by atoms with Crippen LogP contribution in [-0.2, 0) is 25.4 Å². The number of hydroxylamine groups is 2. The van der Waals surface area contributed by atoms with Crippen molar-refractivity contribution in [3.63, 3.8) is 0 Å². The minimum Gasteiger partial charge on any atom is -0.352 e. The van der Waals surface area contributed by atoms with Crippen LogP contribution in [0.3, 0.4) is 0 Å². The van der Waals surface area contributed by atoms with Crippen molar-refractivity contribution in [2.75, 3.05) is 6.79 Å². The molecule has 3 rings (SSSR count). The molecule has 2 heterocycles. The Morgan fingerprint density at radius 3 is 2.14 bits per heavy atom. The Morgan fingerprint density at radius 2 is 1.62 bits per heavy atom. The molecule has 0 bridgehead atoms. The summed E-state index contributed by atoms with van der Waals surface area (Å²) >= 11 is 0. The summed E-state index contributed by atoms with van der Waals surface area (Å²) in [7, 11) is 0. The largest absolute Gasteiger partial charge is 0.352 e. The van der Waals surface area contributed by atoms with Gasteiger partial charge in [0.05, 0.1) is 17.2 Å². The Kier molecular flexibility index (Phi) is 3.61. The van der Waals surface area contributed by atoms with Gasteiger partial charge in [-0.05, 0) is 45.7 Å². The molecule has 1 fully saturated rings. The minimum absolute atomic E-state index is 0.167. The standard InChI is InChI=1S/C17H25NO3/c1-12-10-15(20-11-19-12)21-18-16(2,3)13-8-6-7-9-14(13)17(18,4)5/h6-9,12,15H,10-11H2,1-5H3/t12-,15+/m0/s1. The molecule has 0 spiro atoms. The SMILES string of the molecule is C[C@H]1C[C@@H](ON2C(C)(C)c3ccccc3C2(C)C)OCO1. The summed E-state index contributed by atoms with van der Waals surface area (Å²) in [4.78, 5) is 6.27. The highest BCUT2D eigenvalue weighted by Gasteiger charge is 2.51. The zero-order valence-electron chi connectivity index (χ0n) is 13.6. The van der Waals surface area contributed by atoms with Gasteiger partial charge in [0.2, 0.25) is 0 Å². The fourth-order valence-electron chi connectivity index (χ4n) is 3.56. The summed E-state index contributed by atoms with van der Waals surface area (Å²) < 4.78 is 11.0. The van der Waals surface area contributed by atoms with E-state index in [2.05, 4.69) is 57.0 Å². The number of hydrogen-bond donors (Lipinski definition) is 0. The van der Waals surface area contributed by atoms with Gasteiger partial charge in [-0.1, -0.05) is 24.3 Å². The van der Waals surface area contributed by atoms with Gasteiger partial charge < -0.3 is 9.47 Å². The highest BCUT2D eigenvalue weighted by Crippen LogP contribution is 2.49. The van der Waals surface area contributed by atoms with Crippen molar-refractivity contribution in [3.05, 3.63) is 35.4 Å². The van der Waals surface area contributed by atoms with E-state index in [0.29, 0.717) is 6.79 Å². The molecule has 2 aliphatic heterocycles. The second-order valence-corrected chi connectivity index (χ2v) is 6.99. The number of hydrogen-bond acceptors (Lipinski definition) is 4. The zero-order chi connectivity index (χ0) is 15.3. The second kappa shape index (κ2) is 5.06. The van der Waals surface area contributed by atoms with Crippen LogP contribution in [0.25, 0.3) is 0 Å². The van der Waals surface area contributed by atoms with Gasteiger partial charge in [-0.3, -0.25) is 4.84 Å². The minimum atomic E-state index is -0.249. The lowest BCUT2D eigenvalue weighted by Gasteiger charge is -2.42. The maximum Gasteiger partial charge on any atom is 0.182 e. The second-order valence-electron chi connectivity index (χ2n) is 6.99. The van der Waals surface area contributed by atoms with Crippen molar-refractivity contribution in [2.45, 2.75) is 64.5 Å². The predicted octanol–water partition coefficient (Wildman–Crippen LogP) is 3.51. The lowest BCUT2D eigenvalue weighted by molar-refractivity contribution is -0.373. The van der Waals surface area contributed by atoms with E-state index >= 15 is 0 Å². The van der Waals surface area contributed by atoms with Crippen LogP contribution >= 0.6 is 0 Å². The normalized spacial score (nSPS) is 31.1. The molecule has 4 nitrogen and oxygen atoms in total. The van der Waals surface area contributed by atoms with E-state index in [1.165, 1.54) is 11.1 Å². The molecule has 2 atom stereocenters. The zero-order valence-corrected chi connectivity index (χ0v) is 13.6. The van der Waals surface area contributed by atoms with Crippen LogP contribution in [0.2, 0.25) is 0 Å². The molecule has 0 N–H and O–H groups in total. The van der Waals surface area contributed by atoms with Crippen molar-refractivity contribution < 1.29 is 14.3 Å². The summed E-state index contributed by atoms with van der Waals surface area (Å²) in [6.45, 7) is 11.1. The van der Waals surface area contributed by atoms with Gasteiger partial charge in [-0.25, -0.2) is 0 Å². The first-order valence-electron chi connectivity index (χ1n) is 7.64. The molecule has 1 saturated heterocycles. The van der Waals surface area contributed by atoms with Crippen LogP contribution in [0.5, 0.6) is 0 Å². The van der Waals surface area contributed by atoms with Gasteiger partial charge >= 0.3 is 0 Å². The van der Waals surface area contributed by atoms with Crippen molar-refractivity contribution in [1.82, 2.24) is 5.06 Å². The van der Waals surface area contributed by atoms with E-state index in [0.717, 1.165) is 6.42 Å². The molecular weight excluding hydrogens is 266 g/mol. The molecule has 2 aliphatic rings. The van der Waals surface area contributed by atoms with E-state index in [-0.39, 0.29) is 23.5 Å². The van der Waals surface area contributed by atoms with Crippen molar-refractivity contribution >= 4 is 0 Å². The molecule has 0 amide bonds. The van der Waals surface area contributed by atoms with Gasteiger partial charge in [-0.2, -0.15) is 5.06 Å². The number of benzene rings is 1. The van der Waals surface area contributed by atoms with Gasteiger partial charge in [0.15, 0.2) is 6.29 Å². The molecule has 0 radical (unpaired) electrons. The topological polar surface area (TPSA) is 30.9 Å². The first-order valence-corrected chi connectivity index (χ1v) is 7.64. The third-order valence-corrected chi connectivity index (χ3v) is 4.61. The fourth-order valence-corrected chi connectivity index (χ4v) is 3.56. The van der Waals surface area contributed by atoms with Crippen LogP contribution in [0.4, 0.5) is 0 Å². The molecule has 1 aromatic carbocycles. The van der Waals surface area contributed by atoms with Crippen LogP contribution < -0.4 is 0 Å². The van der Waals surface area contributed by atoms with Crippen molar-refractivity contribution in [1.29, 1.82) is 0 Å². The Balaban J connectivity index is 1.89. The molecule has 4 heteroatoms. The van der Waals surface area contributed by atoms with Crippen molar-refractivity contribution in [3.8, 4) is 0 Å². The molecule has 21 heavy (non-hydrogen) atoms. The first-order chi connectivity index (χ1) is 9.83. The highest BCUT2D eigenvalue weighted by molar-refractivity contribution is 5.42. The van der Waals surface area contributed by atoms with Gasteiger partial charge in [0, 0.05) is 6.42 Å². The summed E-state index contributed by atoms with van der Waals surface area (Å²) in [6, 6.07) is 8.56. The van der Waals surface area contributed by atoms with E-state index < -0.39 is 0 Å². The Labute approximate surface area is 126 Å². The molecule has 1 aromatic rings. The molecule has 0 aromatic heterocycles. The molecular formula is C17H25NO3. The Hall–Kier alpha value is -0.940. The summed E-state index contributed by atoms with van der Waals surface area (Å²) in [5, 5.41) is 2.09. The maximum atomic E-state index is 6.27. The quantitative estimate of drug-likeness (QED) is 0.834. The van der Waals surface area contributed by atoms with Crippen LogP contribution in [0, 0.1) is 0 Å². The highest BCUT2D eigenvalue weighted by atomic mass is 16.8. The first kappa shape index (κ1) is 15.0. The Morgan fingerprint density at radius 1 is 1.05 bits per heavy atom. The maximum absolute atomic E-state index is 6.27. The molecule has 116 valence electrons.